The number of esters is 1. The van der Waals surface area contributed by atoms with Crippen LogP contribution in [-0.2, 0) is 14.3 Å². The summed E-state index contributed by atoms with van der Waals surface area (Å²) in [6.45, 7) is 3.42. The summed E-state index contributed by atoms with van der Waals surface area (Å²) in [5, 5.41) is 2.73. The Morgan fingerprint density at radius 1 is 1.33 bits per heavy atom. The second-order valence-corrected chi connectivity index (χ2v) is 4.81. The molecule has 2 rings (SSSR count). The van der Waals surface area contributed by atoms with Crippen LogP contribution in [-0.4, -0.2) is 24.5 Å². The molecule has 0 aromatic heterocycles. The van der Waals surface area contributed by atoms with E-state index in [4.69, 9.17) is 4.74 Å². The van der Waals surface area contributed by atoms with Crippen LogP contribution in [0.15, 0.2) is 24.3 Å². The third-order valence-corrected chi connectivity index (χ3v) is 3.39. The zero-order chi connectivity index (χ0) is 13.3. The fourth-order valence-corrected chi connectivity index (χ4v) is 2.38. The van der Waals surface area contributed by atoms with Crippen LogP contribution < -0.4 is 5.32 Å². The maximum absolute atomic E-state index is 11.8. The van der Waals surface area contributed by atoms with E-state index >= 15 is 0 Å². The summed E-state index contributed by atoms with van der Waals surface area (Å²) in [6.07, 6.45) is 0.600. The first-order chi connectivity index (χ1) is 8.49. The second-order valence-electron chi connectivity index (χ2n) is 4.81. The van der Waals surface area contributed by atoms with Crippen molar-refractivity contribution in [1.29, 1.82) is 0 Å². The molecule has 0 spiro atoms. The number of nitrogens with one attached hydrogen (secondary N) is 1. The molecule has 1 aliphatic carbocycles. The van der Waals surface area contributed by atoms with Crippen LogP contribution in [0.3, 0.4) is 0 Å². The summed E-state index contributed by atoms with van der Waals surface area (Å²) in [5.74, 6) is -0.576. The highest BCUT2D eigenvalue weighted by molar-refractivity contribution is 5.92. The second kappa shape index (κ2) is 4.44. The van der Waals surface area contributed by atoms with E-state index < -0.39 is 5.54 Å². The van der Waals surface area contributed by atoms with Crippen LogP contribution in [0, 0.1) is 6.92 Å². The lowest BCUT2D eigenvalue weighted by molar-refractivity contribution is -0.146. The number of hydrogen-bond acceptors (Lipinski definition) is 3. The van der Waals surface area contributed by atoms with Gasteiger partial charge in [-0.2, -0.15) is 0 Å². The van der Waals surface area contributed by atoms with Crippen LogP contribution in [0.4, 0.5) is 0 Å². The van der Waals surface area contributed by atoms with Crippen LogP contribution in [0.2, 0.25) is 0 Å². The minimum absolute atomic E-state index is 0.00875. The Kier molecular flexibility index (Phi) is 3.11. The molecular formula is C14H17NO3. The molecule has 1 aliphatic rings. The molecule has 0 aliphatic heterocycles. The van der Waals surface area contributed by atoms with Crippen LogP contribution in [0.1, 0.15) is 30.4 Å². The largest absolute Gasteiger partial charge is 0.467 e. The molecule has 2 atom stereocenters. The van der Waals surface area contributed by atoms with Gasteiger partial charge in [0.05, 0.1) is 7.11 Å². The SMILES string of the molecule is COC(=O)[C@@]1(NC(C)=O)C[C@H]1c1ccc(C)cc1. The van der Waals surface area contributed by atoms with Crippen molar-refractivity contribution in [3.05, 3.63) is 35.4 Å². The molecule has 96 valence electrons. The number of hydrogen-bond donors (Lipinski definition) is 1. The zero-order valence-corrected chi connectivity index (χ0v) is 10.8. The van der Waals surface area contributed by atoms with Gasteiger partial charge in [-0.05, 0) is 18.9 Å². The topological polar surface area (TPSA) is 55.4 Å². The summed E-state index contributed by atoms with van der Waals surface area (Å²) < 4.78 is 4.80. The van der Waals surface area contributed by atoms with Crippen molar-refractivity contribution in [2.75, 3.05) is 7.11 Å². The minimum Gasteiger partial charge on any atom is -0.467 e. The Morgan fingerprint density at radius 2 is 1.94 bits per heavy atom. The highest BCUT2D eigenvalue weighted by Gasteiger charge is 2.62. The number of amides is 1. The van der Waals surface area contributed by atoms with Crippen molar-refractivity contribution in [3.8, 4) is 0 Å². The van der Waals surface area contributed by atoms with Gasteiger partial charge in [0.25, 0.3) is 0 Å². The number of ether oxygens (including phenoxy) is 1. The molecule has 0 bridgehead atoms. The van der Waals surface area contributed by atoms with E-state index in [-0.39, 0.29) is 17.8 Å². The van der Waals surface area contributed by atoms with Gasteiger partial charge in [-0.1, -0.05) is 29.8 Å². The fourth-order valence-electron chi connectivity index (χ4n) is 2.38. The normalized spacial score (nSPS) is 25.4. The van der Waals surface area contributed by atoms with Gasteiger partial charge < -0.3 is 10.1 Å². The van der Waals surface area contributed by atoms with Gasteiger partial charge in [-0.15, -0.1) is 0 Å². The van der Waals surface area contributed by atoms with E-state index in [0.717, 1.165) is 5.56 Å². The van der Waals surface area contributed by atoms with Crippen LogP contribution >= 0.6 is 0 Å². The number of rotatable bonds is 3. The average Bonchev–Trinajstić information content (AvgIpc) is 3.03. The summed E-state index contributed by atoms with van der Waals surface area (Å²) in [6, 6.07) is 7.99. The summed E-state index contributed by atoms with van der Waals surface area (Å²) in [4.78, 5) is 23.1. The summed E-state index contributed by atoms with van der Waals surface area (Å²) >= 11 is 0. The molecule has 4 heteroatoms. The maximum Gasteiger partial charge on any atom is 0.332 e. The van der Waals surface area contributed by atoms with Crippen molar-refractivity contribution in [2.24, 2.45) is 0 Å². The Hall–Kier alpha value is -1.84. The van der Waals surface area contributed by atoms with Gasteiger partial charge in [0, 0.05) is 12.8 Å². The molecule has 0 heterocycles. The zero-order valence-electron chi connectivity index (χ0n) is 10.8. The predicted molar refractivity (Wildman–Crippen MR) is 67.1 cm³/mol. The molecular weight excluding hydrogens is 230 g/mol. The lowest BCUT2D eigenvalue weighted by Crippen LogP contribution is -2.44. The number of benzene rings is 1. The monoisotopic (exact) mass is 247 g/mol. The Labute approximate surface area is 106 Å². The lowest BCUT2D eigenvalue weighted by atomic mass is 10.0. The molecule has 18 heavy (non-hydrogen) atoms. The molecule has 1 amide bonds. The lowest BCUT2D eigenvalue weighted by Gasteiger charge is -2.16. The van der Waals surface area contributed by atoms with Gasteiger partial charge in [0.15, 0.2) is 0 Å². The average molecular weight is 247 g/mol. The van der Waals surface area contributed by atoms with E-state index in [2.05, 4.69) is 5.32 Å². The molecule has 0 radical (unpaired) electrons. The highest BCUT2D eigenvalue weighted by Crippen LogP contribution is 2.52. The molecule has 0 unspecified atom stereocenters. The van der Waals surface area contributed by atoms with Gasteiger partial charge in [-0.25, -0.2) is 4.79 Å². The van der Waals surface area contributed by atoms with Crippen molar-refractivity contribution in [2.45, 2.75) is 31.7 Å². The summed E-state index contributed by atoms with van der Waals surface area (Å²) in [7, 11) is 1.34. The smallest absolute Gasteiger partial charge is 0.332 e. The van der Waals surface area contributed by atoms with Crippen molar-refractivity contribution >= 4 is 11.9 Å². The first kappa shape index (κ1) is 12.6. The molecule has 1 aromatic carbocycles. The van der Waals surface area contributed by atoms with Crippen LogP contribution in [0.5, 0.6) is 0 Å². The molecule has 4 nitrogen and oxygen atoms in total. The standard InChI is InChI=1S/C14H17NO3/c1-9-4-6-11(7-5-9)12-8-14(12,13(17)18-3)15-10(2)16/h4-7,12H,8H2,1-3H3,(H,15,16)/t12-,14+/m0/s1. The quantitative estimate of drug-likeness (QED) is 0.824. The predicted octanol–water partition coefficient (Wildman–Crippen LogP) is 1.53. The fraction of sp³-hybridized carbons (Fsp3) is 0.429. The molecule has 1 aromatic rings. The number of methoxy groups -OCH3 is 1. The number of carbonyl (C=O) groups excluding carboxylic acids is 2. The highest BCUT2D eigenvalue weighted by atomic mass is 16.5. The van der Waals surface area contributed by atoms with Crippen molar-refractivity contribution in [1.82, 2.24) is 5.32 Å². The third kappa shape index (κ3) is 2.10. The Bertz CT molecular complexity index is 480. The first-order valence-electron chi connectivity index (χ1n) is 5.93. The Morgan fingerprint density at radius 3 is 2.44 bits per heavy atom. The van der Waals surface area contributed by atoms with E-state index in [9.17, 15) is 9.59 Å². The van der Waals surface area contributed by atoms with Gasteiger partial charge in [0.2, 0.25) is 5.91 Å². The minimum atomic E-state index is -0.865. The van der Waals surface area contributed by atoms with E-state index in [1.165, 1.54) is 19.6 Å². The van der Waals surface area contributed by atoms with Crippen LogP contribution in [0.25, 0.3) is 0 Å². The van der Waals surface area contributed by atoms with Crippen molar-refractivity contribution in [3.63, 3.8) is 0 Å². The van der Waals surface area contributed by atoms with E-state index in [0.29, 0.717) is 6.42 Å². The number of carbonyl (C=O) groups is 2. The number of aryl methyl sites for hydroxylation is 1. The summed E-state index contributed by atoms with van der Waals surface area (Å²) in [5.41, 5.74) is 1.36. The van der Waals surface area contributed by atoms with Gasteiger partial charge in [0.1, 0.15) is 5.54 Å². The van der Waals surface area contributed by atoms with E-state index in [1.54, 1.807) is 0 Å². The molecule has 1 N–H and O–H groups in total. The third-order valence-electron chi connectivity index (χ3n) is 3.39. The van der Waals surface area contributed by atoms with Crippen molar-refractivity contribution < 1.29 is 14.3 Å². The van der Waals surface area contributed by atoms with Gasteiger partial charge >= 0.3 is 5.97 Å². The molecule has 0 saturated heterocycles. The molecule has 1 saturated carbocycles. The van der Waals surface area contributed by atoms with E-state index in [1.807, 2.05) is 31.2 Å². The maximum atomic E-state index is 11.8. The van der Waals surface area contributed by atoms with Gasteiger partial charge in [-0.3, -0.25) is 4.79 Å². The Balaban J connectivity index is 2.24. The molecule has 1 fully saturated rings. The first-order valence-corrected chi connectivity index (χ1v) is 5.93.